The van der Waals surface area contributed by atoms with Crippen molar-refractivity contribution in [2.45, 2.75) is 71.4 Å². The van der Waals surface area contributed by atoms with Crippen LogP contribution in [0.4, 0.5) is 0 Å². The van der Waals surface area contributed by atoms with E-state index < -0.39 is 0 Å². The van der Waals surface area contributed by atoms with E-state index in [-0.39, 0.29) is 5.60 Å². The Morgan fingerprint density at radius 1 is 1.20 bits per heavy atom. The molecule has 1 spiro atoms. The van der Waals surface area contributed by atoms with E-state index in [2.05, 4.69) is 27.7 Å². The molecular formula is C17H33NO2. The zero-order valence-electron chi connectivity index (χ0n) is 13.8. The Morgan fingerprint density at radius 3 is 2.45 bits per heavy atom. The van der Waals surface area contributed by atoms with Gasteiger partial charge in [-0.2, -0.15) is 0 Å². The molecule has 3 unspecified atom stereocenters. The van der Waals surface area contributed by atoms with Crippen molar-refractivity contribution < 1.29 is 9.47 Å². The summed E-state index contributed by atoms with van der Waals surface area (Å²) in [6.07, 6.45) is 5.48. The molecule has 0 radical (unpaired) electrons. The molecule has 0 bridgehead atoms. The molecule has 2 N–H and O–H groups in total. The van der Waals surface area contributed by atoms with Gasteiger partial charge in [-0.05, 0) is 49.4 Å². The molecule has 2 fully saturated rings. The van der Waals surface area contributed by atoms with Crippen LogP contribution in [0.15, 0.2) is 0 Å². The standard InChI is InChI=1S/C17H33NO2/c1-13(16(2,3)4)11-15(18)14-5-8-20-17(12-14)6-9-19-10-7-17/h13-15H,5-12,18H2,1-4H3. The maximum Gasteiger partial charge on any atom is 0.0729 e. The second kappa shape index (κ2) is 6.33. The topological polar surface area (TPSA) is 44.5 Å². The van der Waals surface area contributed by atoms with Crippen molar-refractivity contribution in [2.24, 2.45) is 23.0 Å². The molecule has 0 amide bonds. The van der Waals surface area contributed by atoms with E-state index in [1.807, 2.05) is 0 Å². The van der Waals surface area contributed by atoms with Crippen LogP contribution < -0.4 is 5.73 Å². The Kier molecular flexibility index (Phi) is 5.14. The maximum absolute atomic E-state index is 6.55. The molecule has 3 heteroatoms. The lowest BCUT2D eigenvalue weighted by atomic mass is 9.72. The summed E-state index contributed by atoms with van der Waals surface area (Å²) in [5, 5.41) is 0. The Hall–Kier alpha value is -0.120. The monoisotopic (exact) mass is 283 g/mol. The van der Waals surface area contributed by atoms with Gasteiger partial charge in [-0.25, -0.2) is 0 Å². The fourth-order valence-corrected chi connectivity index (χ4v) is 3.48. The highest BCUT2D eigenvalue weighted by molar-refractivity contribution is 4.92. The SMILES string of the molecule is CC(CC(N)C1CCOC2(CCOCC2)C1)C(C)(C)C. The molecule has 118 valence electrons. The zero-order chi connectivity index (χ0) is 14.8. The maximum atomic E-state index is 6.55. The molecule has 2 saturated heterocycles. The van der Waals surface area contributed by atoms with Gasteiger partial charge >= 0.3 is 0 Å². The van der Waals surface area contributed by atoms with Gasteiger partial charge in [0.2, 0.25) is 0 Å². The van der Waals surface area contributed by atoms with Gasteiger partial charge in [0.05, 0.1) is 5.60 Å². The Labute approximate surface area is 124 Å². The quantitative estimate of drug-likeness (QED) is 0.863. The lowest BCUT2D eigenvalue weighted by Gasteiger charge is -2.45. The van der Waals surface area contributed by atoms with E-state index in [9.17, 15) is 0 Å². The van der Waals surface area contributed by atoms with Crippen LogP contribution in [0.2, 0.25) is 0 Å². The highest BCUT2D eigenvalue weighted by Gasteiger charge is 2.41. The van der Waals surface area contributed by atoms with Crippen molar-refractivity contribution in [3.63, 3.8) is 0 Å². The third-order valence-electron chi connectivity index (χ3n) is 5.64. The van der Waals surface area contributed by atoms with Gasteiger partial charge in [-0.15, -0.1) is 0 Å². The smallest absolute Gasteiger partial charge is 0.0729 e. The molecule has 2 aliphatic rings. The molecule has 3 atom stereocenters. The first-order chi connectivity index (χ1) is 9.32. The lowest BCUT2D eigenvalue weighted by molar-refractivity contribution is -0.149. The van der Waals surface area contributed by atoms with Gasteiger partial charge in [0.25, 0.3) is 0 Å². The summed E-state index contributed by atoms with van der Waals surface area (Å²) in [4.78, 5) is 0. The third-order valence-corrected chi connectivity index (χ3v) is 5.64. The summed E-state index contributed by atoms with van der Waals surface area (Å²) >= 11 is 0. The molecule has 0 aromatic rings. The summed E-state index contributed by atoms with van der Waals surface area (Å²) in [5.41, 5.74) is 6.97. The van der Waals surface area contributed by atoms with E-state index in [1.54, 1.807) is 0 Å². The molecule has 0 aromatic carbocycles. The predicted octanol–water partition coefficient (Wildman–Crippen LogP) is 3.36. The van der Waals surface area contributed by atoms with Crippen molar-refractivity contribution in [1.82, 2.24) is 0 Å². The van der Waals surface area contributed by atoms with E-state index in [0.717, 1.165) is 51.9 Å². The molecule has 0 aromatic heterocycles. The third kappa shape index (κ3) is 3.96. The van der Waals surface area contributed by atoms with E-state index in [4.69, 9.17) is 15.2 Å². The number of nitrogens with two attached hydrogens (primary N) is 1. The Balaban J connectivity index is 1.91. The van der Waals surface area contributed by atoms with Crippen LogP contribution in [-0.2, 0) is 9.47 Å². The summed E-state index contributed by atoms with van der Waals surface area (Å²) in [6.45, 7) is 11.9. The average molecular weight is 283 g/mol. The molecule has 0 aliphatic carbocycles. The Morgan fingerprint density at radius 2 is 1.85 bits per heavy atom. The molecule has 0 saturated carbocycles. The van der Waals surface area contributed by atoms with Gasteiger partial charge in [0.1, 0.15) is 0 Å². The predicted molar refractivity (Wildman–Crippen MR) is 82.7 cm³/mol. The van der Waals surface area contributed by atoms with Gasteiger partial charge in [-0.1, -0.05) is 27.7 Å². The van der Waals surface area contributed by atoms with Crippen molar-refractivity contribution in [2.75, 3.05) is 19.8 Å². The fourth-order valence-electron chi connectivity index (χ4n) is 3.48. The fraction of sp³-hybridized carbons (Fsp3) is 1.00. The highest BCUT2D eigenvalue weighted by Crippen LogP contribution is 2.39. The van der Waals surface area contributed by atoms with Crippen LogP contribution in [0.25, 0.3) is 0 Å². The van der Waals surface area contributed by atoms with Crippen LogP contribution in [0, 0.1) is 17.3 Å². The molecule has 2 aliphatic heterocycles. The van der Waals surface area contributed by atoms with Crippen molar-refractivity contribution in [3.05, 3.63) is 0 Å². The van der Waals surface area contributed by atoms with Crippen LogP contribution in [0.3, 0.4) is 0 Å². The molecular weight excluding hydrogens is 250 g/mol. The summed E-state index contributed by atoms with van der Waals surface area (Å²) in [6, 6.07) is 0.313. The average Bonchev–Trinajstić information content (AvgIpc) is 2.38. The zero-order valence-corrected chi connectivity index (χ0v) is 13.8. The van der Waals surface area contributed by atoms with Crippen LogP contribution in [-0.4, -0.2) is 31.5 Å². The molecule has 2 heterocycles. The second-order valence-corrected chi connectivity index (χ2v) is 8.06. The summed E-state index contributed by atoms with van der Waals surface area (Å²) in [7, 11) is 0. The molecule has 3 nitrogen and oxygen atoms in total. The van der Waals surface area contributed by atoms with E-state index in [1.165, 1.54) is 0 Å². The summed E-state index contributed by atoms with van der Waals surface area (Å²) < 4.78 is 11.6. The molecule has 20 heavy (non-hydrogen) atoms. The number of rotatable bonds is 3. The summed E-state index contributed by atoms with van der Waals surface area (Å²) in [5.74, 6) is 1.28. The van der Waals surface area contributed by atoms with Gasteiger partial charge in [0, 0.05) is 25.9 Å². The van der Waals surface area contributed by atoms with Gasteiger partial charge in [0.15, 0.2) is 0 Å². The van der Waals surface area contributed by atoms with E-state index >= 15 is 0 Å². The largest absolute Gasteiger partial charge is 0.381 e. The number of ether oxygens (including phenoxy) is 2. The second-order valence-electron chi connectivity index (χ2n) is 8.06. The van der Waals surface area contributed by atoms with Crippen LogP contribution in [0.5, 0.6) is 0 Å². The number of hydrogen-bond donors (Lipinski definition) is 1. The molecule has 2 rings (SSSR count). The van der Waals surface area contributed by atoms with Gasteiger partial charge < -0.3 is 15.2 Å². The first-order valence-corrected chi connectivity index (χ1v) is 8.30. The minimum atomic E-state index is 0.0732. The minimum absolute atomic E-state index is 0.0732. The Bertz CT molecular complexity index is 299. The first-order valence-electron chi connectivity index (χ1n) is 8.30. The first kappa shape index (κ1) is 16.3. The van der Waals surface area contributed by atoms with Crippen molar-refractivity contribution in [1.29, 1.82) is 0 Å². The highest BCUT2D eigenvalue weighted by atomic mass is 16.5. The van der Waals surface area contributed by atoms with Crippen molar-refractivity contribution in [3.8, 4) is 0 Å². The van der Waals surface area contributed by atoms with Crippen molar-refractivity contribution >= 4 is 0 Å². The lowest BCUT2D eigenvalue weighted by Crippen LogP contribution is -2.48. The normalized spacial score (nSPS) is 30.1. The number of hydrogen-bond acceptors (Lipinski definition) is 3. The minimum Gasteiger partial charge on any atom is -0.381 e. The van der Waals surface area contributed by atoms with Crippen LogP contribution in [0.1, 0.15) is 59.8 Å². The van der Waals surface area contributed by atoms with E-state index in [0.29, 0.717) is 23.3 Å². The van der Waals surface area contributed by atoms with Gasteiger partial charge in [-0.3, -0.25) is 0 Å². The van der Waals surface area contributed by atoms with Crippen LogP contribution >= 0.6 is 0 Å².